The summed E-state index contributed by atoms with van der Waals surface area (Å²) in [6, 6.07) is 5.34. The van der Waals surface area contributed by atoms with Crippen molar-refractivity contribution in [2.75, 3.05) is 20.8 Å². The van der Waals surface area contributed by atoms with Gasteiger partial charge in [0.2, 0.25) is 0 Å². The maximum absolute atomic E-state index is 11.0. The highest BCUT2D eigenvalue weighted by atomic mass is 16.5. The Balaban J connectivity index is 3.01. The van der Waals surface area contributed by atoms with Gasteiger partial charge in [0.15, 0.2) is 0 Å². The molecule has 0 saturated heterocycles. The molecule has 0 amide bonds. The number of rotatable bonds is 5. The monoisotopic (exact) mass is 224 g/mol. The standard InChI is InChI=1S/C12H16O4/c1-8-6-9(4-5-11(8)16-3)10(7-15-2)12(13)14/h4-6,10H,7H2,1-3H3,(H,13,14). The molecule has 1 unspecified atom stereocenters. The van der Waals surface area contributed by atoms with Crippen molar-refractivity contribution in [1.82, 2.24) is 0 Å². The van der Waals surface area contributed by atoms with Gasteiger partial charge in [-0.1, -0.05) is 12.1 Å². The van der Waals surface area contributed by atoms with Gasteiger partial charge in [-0.25, -0.2) is 0 Å². The molecule has 0 aliphatic heterocycles. The summed E-state index contributed by atoms with van der Waals surface area (Å²) in [5.74, 6) is -0.758. The van der Waals surface area contributed by atoms with Gasteiger partial charge in [0, 0.05) is 7.11 Å². The van der Waals surface area contributed by atoms with Crippen LogP contribution in [0.25, 0.3) is 0 Å². The molecule has 0 aliphatic rings. The molecule has 1 aromatic carbocycles. The minimum atomic E-state index is -0.883. The smallest absolute Gasteiger partial charge is 0.313 e. The number of hydrogen-bond donors (Lipinski definition) is 1. The van der Waals surface area contributed by atoms with E-state index in [-0.39, 0.29) is 6.61 Å². The molecule has 1 rings (SSSR count). The van der Waals surface area contributed by atoms with Crippen LogP contribution in [0.4, 0.5) is 0 Å². The van der Waals surface area contributed by atoms with Crippen molar-refractivity contribution in [3.63, 3.8) is 0 Å². The number of carboxylic acid groups (broad SMARTS) is 1. The van der Waals surface area contributed by atoms with Crippen molar-refractivity contribution < 1.29 is 19.4 Å². The lowest BCUT2D eigenvalue weighted by Crippen LogP contribution is -2.17. The average molecular weight is 224 g/mol. The van der Waals surface area contributed by atoms with Crippen molar-refractivity contribution in [3.05, 3.63) is 29.3 Å². The summed E-state index contributed by atoms with van der Waals surface area (Å²) < 4.78 is 10.0. The molecule has 0 spiro atoms. The topological polar surface area (TPSA) is 55.8 Å². The lowest BCUT2D eigenvalue weighted by Gasteiger charge is -2.13. The summed E-state index contributed by atoms with van der Waals surface area (Å²) in [6.07, 6.45) is 0. The molecule has 4 nitrogen and oxygen atoms in total. The summed E-state index contributed by atoms with van der Waals surface area (Å²) >= 11 is 0. The van der Waals surface area contributed by atoms with Gasteiger partial charge in [-0.2, -0.15) is 0 Å². The Morgan fingerprint density at radius 3 is 2.56 bits per heavy atom. The zero-order valence-electron chi connectivity index (χ0n) is 9.69. The first-order chi connectivity index (χ1) is 7.60. The third kappa shape index (κ3) is 2.73. The van der Waals surface area contributed by atoms with Crippen LogP contribution in [0, 0.1) is 6.92 Å². The fourth-order valence-corrected chi connectivity index (χ4v) is 1.60. The Morgan fingerprint density at radius 1 is 1.44 bits per heavy atom. The van der Waals surface area contributed by atoms with Gasteiger partial charge in [-0.05, 0) is 24.1 Å². The Bertz CT molecular complexity index is 373. The predicted octanol–water partition coefficient (Wildman–Crippen LogP) is 1.82. The van der Waals surface area contributed by atoms with E-state index in [1.54, 1.807) is 19.2 Å². The zero-order chi connectivity index (χ0) is 12.1. The number of carbonyl (C=O) groups is 1. The highest BCUT2D eigenvalue weighted by molar-refractivity contribution is 5.76. The van der Waals surface area contributed by atoms with E-state index in [4.69, 9.17) is 14.6 Å². The van der Waals surface area contributed by atoms with E-state index in [2.05, 4.69) is 0 Å². The van der Waals surface area contributed by atoms with Gasteiger partial charge < -0.3 is 14.6 Å². The van der Waals surface area contributed by atoms with E-state index >= 15 is 0 Å². The molecule has 1 atom stereocenters. The van der Waals surface area contributed by atoms with Crippen LogP contribution in [0.3, 0.4) is 0 Å². The molecule has 0 saturated carbocycles. The van der Waals surface area contributed by atoms with Gasteiger partial charge in [-0.3, -0.25) is 4.79 Å². The second-order valence-electron chi connectivity index (χ2n) is 3.58. The molecule has 0 fully saturated rings. The number of ether oxygens (including phenoxy) is 2. The quantitative estimate of drug-likeness (QED) is 0.828. The van der Waals surface area contributed by atoms with Crippen LogP contribution in [0.5, 0.6) is 5.75 Å². The number of methoxy groups -OCH3 is 2. The first-order valence-corrected chi connectivity index (χ1v) is 4.96. The van der Waals surface area contributed by atoms with E-state index in [9.17, 15) is 4.79 Å². The lowest BCUT2D eigenvalue weighted by atomic mass is 9.98. The molecule has 16 heavy (non-hydrogen) atoms. The van der Waals surface area contributed by atoms with Gasteiger partial charge in [0.25, 0.3) is 0 Å². The van der Waals surface area contributed by atoms with E-state index in [0.717, 1.165) is 16.9 Å². The highest BCUT2D eigenvalue weighted by Crippen LogP contribution is 2.24. The Labute approximate surface area is 94.8 Å². The summed E-state index contributed by atoms with van der Waals surface area (Å²) in [7, 11) is 3.08. The van der Waals surface area contributed by atoms with E-state index in [0.29, 0.717) is 0 Å². The van der Waals surface area contributed by atoms with Crippen molar-refractivity contribution >= 4 is 5.97 Å². The first kappa shape index (κ1) is 12.5. The number of hydrogen-bond acceptors (Lipinski definition) is 3. The molecule has 4 heteroatoms. The highest BCUT2D eigenvalue weighted by Gasteiger charge is 2.20. The molecule has 0 heterocycles. The normalized spacial score (nSPS) is 12.2. The second kappa shape index (κ2) is 5.51. The molecule has 1 N–H and O–H groups in total. The van der Waals surface area contributed by atoms with Gasteiger partial charge in [-0.15, -0.1) is 0 Å². The van der Waals surface area contributed by atoms with Gasteiger partial charge >= 0.3 is 5.97 Å². The van der Waals surface area contributed by atoms with Crippen molar-refractivity contribution in [2.45, 2.75) is 12.8 Å². The fourth-order valence-electron chi connectivity index (χ4n) is 1.60. The minimum Gasteiger partial charge on any atom is -0.496 e. The van der Waals surface area contributed by atoms with Gasteiger partial charge in [0.05, 0.1) is 13.7 Å². The number of carboxylic acids is 1. The summed E-state index contributed by atoms with van der Waals surface area (Å²) in [5.41, 5.74) is 1.65. The van der Waals surface area contributed by atoms with Crippen molar-refractivity contribution in [1.29, 1.82) is 0 Å². The average Bonchev–Trinajstić information content (AvgIpc) is 2.25. The molecule has 1 aromatic rings. The molecule has 88 valence electrons. The maximum atomic E-state index is 11.0. The van der Waals surface area contributed by atoms with Crippen molar-refractivity contribution in [3.8, 4) is 5.75 Å². The zero-order valence-corrected chi connectivity index (χ0v) is 9.69. The Morgan fingerprint density at radius 2 is 2.12 bits per heavy atom. The fraction of sp³-hybridized carbons (Fsp3) is 0.417. The third-order valence-corrected chi connectivity index (χ3v) is 2.45. The molecular formula is C12H16O4. The van der Waals surface area contributed by atoms with Crippen molar-refractivity contribution in [2.24, 2.45) is 0 Å². The molecule has 0 bridgehead atoms. The van der Waals surface area contributed by atoms with Crippen LogP contribution >= 0.6 is 0 Å². The SMILES string of the molecule is COCC(C(=O)O)c1ccc(OC)c(C)c1. The van der Waals surface area contributed by atoms with E-state index in [1.807, 2.05) is 13.0 Å². The van der Waals surface area contributed by atoms with E-state index in [1.165, 1.54) is 7.11 Å². The maximum Gasteiger partial charge on any atom is 0.313 e. The Kier molecular flexibility index (Phi) is 4.31. The largest absolute Gasteiger partial charge is 0.496 e. The number of benzene rings is 1. The Hall–Kier alpha value is -1.55. The third-order valence-electron chi connectivity index (χ3n) is 2.45. The van der Waals surface area contributed by atoms with Crippen LogP contribution in [-0.4, -0.2) is 31.9 Å². The number of aryl methyl sites for hydroxylation is 1. The molecule has 0 radical (unpaired) electrons. The van der Waals surface area contributed by atoms with Crippen LogP contribution in [0.1, 0.15) is 17.0 Å². The molecule has 0 aromatic heterocycles. The van der Waals surface area contributed by atoms with Crippen LogP contribution in [0.15, 0.2) is 18.2 Å². The molecular weight excluding hydrogens is 208 g/mol. The van der Waals surface area contributed by atoms with Crippen LogP contribution in [-0.2, 0) is 9.53 Å². The second-order valence-corrected chi connectivity index (χ2v) is 3.58. The summed E-state index contributed by atoms with van der Waals surface area (Å²) in [4.78, 5) is 11.0. The lowest BCUT2D eigenvalue weighted by molar-refractivity contribution is -0.140. The summed E-state index contributed by atoms with van der Waals surface area (Å²) in [5, 5.41) is 9.06. The number of aliphatic carboxylic acids is 1. The van der Waals surface area contributed by atoms with Crippen LogP contribution in [0.2, 0.25) is 0 Å². The predicted molar refractivity (Wildman–Crippen MR) is 60.0 cm³/mol. The van der Waals surface area contributed by atoms with Gasteiger partial charge in [0.1, 0.15) is 11.7 Å². The summed E-state index contributed by atoms with van der Waals surface area (Å²) in [6.45, 7) is 2.05. The van der Waals surface area contributed by atoms with Crippen LogP contribution < -0.4 is 4.74 Å². The molecule has 0 aliphatic carbocycles. The van der Waals surface area contributed by atoms with E-state index < -0.39 is 11.9 Å². The minimum absolute atomic E-state index is 0.168. The first-order valence-electron chi connectivity index (χ1n) is 4.96.